The molecule has 0 saturated carbocycles. The highest BCUT2D eigenvalue weighted by molar-refractivity contribution is 7.99. The average molecular weight is 294 g/mol. The van der Waals surface area contributed by atoms with E-state index in [2.05, 4.69) is 57.3 Å². The molecule has 0 saturated heterocycles. The first-order valence-electron chi connectivity index (χ1n) is 8.21. The normalized spacial score (nSPS) is 12.8. The van der Waals surface area contributed by atoms with Gasteiger partial charge >= 0.3 is 0 Å². The Balaban J connectivity index is 2.74. The lowest BCUT2D eigenvalue weighted by Crippen LogP contribution is -2.24. The Morgan fingerprint density at radius 3 is 2.15 bits per heavy atom. The minimum atomic E-state index is 0.514. The fraction of sp³-hybridized carbons (Fsp3) is 0.667. The van der Waals surface area contributed by atoms with Gasteiger partial charge in [0, 0.05) is 10.9 Å². The maximum Gasteiger partial charge on any atom is 0.0322 e. The monoisotopic (exact) mass is 293 g/mol. The van der Waals surface area contributed by atoms with Crippen LogP contribution in [0, 0.1) is 5.92 Å². The van der Waals surface area contributed by atoms with Gasteiger partial charge in [0.1, 0.15) is 0 Å². The molecule has 1 aromatic carbocycles. The van der Waals surface area contributed by atoms with E-state index in [4.69, 9.17) is 0 Å². The van der Waals surface area contributed by atoms with E-state index < -0.39 is 0 Å². The highest BCUT2D eigenvalue weighted by atomic mass is 32.2. The lowest BCUT2D eigenvalue weighted by Gasteiger charge is -2.24. The number of nitrogens with one attached hydrogen (secondary N) is 1. The van der Waals surface area contributed by atoms with Gasteiger partial charge in [-0.15, -0.1) is 11.8 Å². The van der Waals surface area contributed by atoms with Crippen LogP contribution >= 0.6 is 11.8 Å². The first kappa shape index (κ1) is 17.6. The van der Waals surface area contributed by atoms with Crippen LogP contribution in [-0.4, -0.2) is 12.3 Å². The first-order chi connectivity index (χ1) is 9.74. The molecule has 0 heterocycles. The summed E-state index contributed by atoms with van der Waals surface area (Å²) in [6, 6.07) is 9.69. The quantitative estimate of drug-likeness (QED) is 0.558. The second kappa shape index (κ2) is 10.3. The second-order valence-corrected chi connectivity index (χ2v) is 6.76. The molecule has 2 heteroatoms. The molecule has 0 aliphatic carbocycles. The molecule has 1 nitrogen and oxygen atoms in total. The molecule has 0 bridgehead atoms. The summed E-state index contributed by atoms with van der Waals surface area (Å²) >= 11 is 1.92. The molecule has 0 radical (unpaired) electrons. The van der Waals surface area contributed by atoms with Gasteiger partial charge in [-0.2, -0.15) is 0 Å². The van der Waals surface area contributed by atoms with Crippen LogP contribution in [0.2, 0.25) is 0 Å². The molecule has 20 heavy (non-hydrogen) atoms. The van der Waals surface area contributed by atoms with Gasteiger partial charge in [-0.3, -0.25) is 0 Å². The summed E-state index contributed by atoms with van der Waals surface area (Å²) in [5.74, 6) is 1.97. The van der Waals surface area contributed by atoms with E-state index in [1.807, 2.05) is 11.8 Å². The lowest BCUT2D eigenvalue weighted by atomic mass is 9.91. The van der Waals surface area contributed by atoms with Gasteiger partial charge in [-0.1, -0.05) is 52.7 Å². The third-order valence-electron chi connectivity index (χ3n) is 3.96. The largest absolute Gasteiger partial charge is 0.310 e. The van der Waals surface area contributed by atoms with E-state index in [-0.39, 0.29) is 0 Å². The Morgan fingerprint density at radius 1 is 1.00 bits per heavy atom. The minimum absolute atomic E-state index is 0.514. The molecule has 0 aliphatic rings. The van der Waals surface area contributed by atoms with Crippen LogP contribution in [0.15, 0.2) is 29.2 Å². The topological polar surface area (TPSA) is 12.0 Å². The molecule has 0 fully saturated rings. The van der Waals surface area contributed by atoms with E-state index in [9.17, 15) is 0 Å². The molecular weight excluding hydrogens is 262 g/mol. The van der Waals surface area contributed by atoms with Gasteiger partial charge in [-0.05, 0) is 48.8 Å². The van der Waals surface area contributed by atoms with Crippen molar-refractivity contribution in [1.82, 2.24) is 5.32 Å². The van der Waals surface area contributed by atoms with Crippen LogP contribution in [0.1, 0.15) is 65.0 Å². The lowest BCUT2D eigenvalue weighted by molar-refractivity contribution is 0.371. The van der Waals surface area contributed by atoms with Crippen LogP contribution < -0.4 is 5.32 Å². The van der Waals surface area contributed by atoms with Crippen LogP contribution in [0.4, 0.5) is 0 Å². The molecule has 1 unspecified atom stereocenters. The zero-order chi connectivity index (χ0) is 14.8. The molecule has 114 valence electrons. The smallest absolute Gasteiger partial charge is 0.0322 e. The van der Waals surface area contributed by atoms with Crippen LogP contribution in [0.5, 0.6) is 0 Å². The standard InChI is InChI=1S/C18H31NS/c1-5-13-19-18(14-15(6-2)7-3)16-9-11-17(12-10-16)20-8-4/h9-12,15,18-19H,5-8,13-14H2,1-4H3. The number of hydrogen-bond donors (Lipinski definition) is 1. The maximum atomic E-state index is 3.73. The van der Waals surface area contributed by atoms with Crippen molar-refractivity contribution in [2.24, 2.45) is 5.92 Å². The Bertz CT molecular complexity index is 343. The van der Waals surface area contributed by atoms with Crippen molar-refractivity contribution < 1.29 is 0 Å². The SMILES string of the molecule is CCCNC(CC(CC)CC)c1ccc(SCC)cc1. The third-order valence-corrected chi connectivity index (χ3v) is 4.85. The minimum Gasteiger partial charge on any atom is -0.310 e. The van der Waals surface area contributed by atoms with Crippen molar-refractivity contribution >= 4 is 11.8 Å². The molecular formula is C18H31NS. The summed E-state index contributed by atoms with van der Waals surface area (Å²) in [6.07, 6.45) is 5.02. The number of rotatable bonds is 10. The number of hydrogen-bond acceptors (Lipinski definition) is 2. The zero-order valence-electron chi connectivity index (χ0n) is 13.6. The van der Waals surface area contributed by atoms with E-state index in [1.165, 1.54) is 36.1 Å². The highest BCUT2D eigenvalue weighted by Crippen LogP contribution is 2.27. The van der Waals surface area contributed by atoms with Gasteiger partial charge in [0.05, 0.1) is 0 Å². The fourth-order valence-electron chi connectivity index (χ4n) is 2.57. The van der Waals surface area contributed by atoms with Crippen LogP contribution in [0.25, 0.3) is 0 Å². The molecule has 1 aromatic rings. The predicted molar refractivity (Wildman–Crippen MR) is 92.6 cm³/mol. The molecule has 1 rings (SSSR count). The van der Waals surface area contributed by atoms with Gasteiger partial charge in [0.2, 0.25) is 0 Å². The summed E-state index contributed by atoms with van der Waals surface area (Å²) in [4.78, 5) is 1.38. The maximum absolute atomic E-state index is 3.73. The van der Waals surface area contributed by atoms with E-state index in [1.54, 1.807) is 0 Å². The zero-order valence-corrected chi connectivity index (χ0v) is 14.4. The average Bonchev–Trinajstić information content (AvgIpc) is 2.49. The number of benzene rings is 1. The van der Waals surface area contributed by atoms with Gasteiger partial charge in [0.15, 0.2) is 0 Å². The summed E-state index contributed by atoms with van der Waals surface area (Å²) < 4.78 is 0. The van der Waals surface area contributed by atoms with Crippen molar-refractivity contribution in [3.8, 4) is 0 Å². The Hall–Kier alpha value is -0.470. The summed E-state index contributed by atoms with van der Waals surface area (Å²) in [6.45, 7) is 10.2. The van der Waals surface area contributed by atoms with Crippen molar-refractivity contribution in [3.05, 3.63) is 29.8 Å². The number of thioether (sulfide) groups is 1. The van der Waals surface area contributed by atoms with Gasteiger partial charge in [0.25, 0.3) is 0 Å². The van der Waals surface area contributed by atoms with Crippen molar-refractivity contribution in [2.75, 3.05) is 12.3 Å². The van der Waals surface area contributed by atoms with E-state index in [0.717, 1.165) is 18.2 Å². The van der Waals surface area contributed by atoms with Gasteiger partial charge in [-0.25, -0.2) is 0 Å². The molecule has 0 aromatic heterocycles. The van der Waals surface area contributed by atoms with Crippen molar-refractivity contribution in [2.45, 2.75) is 64.3 Å². The summed E-state index contributed by atoms with van der Waals surface area (Å²) in [7, 11) is 0. The highest BCUT2D eigenvalue weighted by Gasteiger charge is 2.15. The Kier molecular flexibility index (Phi) is 9.04. The molecule has 0 amide bonds. The van der Waals surface area contributed by atoms with Gasteiger partial charge < -0.3 is 5.32 Å². The van der Waals surface area contributed by atoms with Crippen molar-refractivity contribution in [1.29, 1.82) is 0 Å². The molecule has 0 spiro atoms. The second-order valence-electron chi connectivity index (χ2n) is 5.43. The fourth-order valence-corrected chi connectivity index (χ4v) is 3.24. The van der Waals surface area contributed by atoms with E-state index in [0.29, 0.717) is 6.04 Å². The van der Waals surface area contributed by atoms with Crippen LogP contribution in [0.3, 0.4) is 0 Å². The van der Waals surface area contributed by atoms with Crippen molar-refractivity contribution in [3.63, 3.8) is 0 Å². The predicted octanol–water partition coefficient (Wildman–Crippen LogP) is 5.67. The Labute approximate surface area is 129 Å². The third kappa shape index (κ3) is 5.88. The Morgan fingerprint density at radius 2 is 1.65 bits per heavy atom. The molecule has 1 atom stereocenters. The molecule has 1 N–H and O–H groups in total. The summed E-state index contributed by atoms with van der Waals surface area (Å²) in [5, 5.41) is 3.73. The van der Waals surface area contributed by atoms with E-state index >= 15 is 0 Å². The molecule has 0 aliphatic heterocycles. The van der Waals surface area contributed by atoms with Crippen LogP contribution in [-0.2, 0) is 0 Å². The first-order valence-corrected chi connectivity index (χ1v) is 9.19. The summed E-state index contributed by atoms with van der Waals surface area (Å²) in [5.41, 5.74) is 1.45.